The van der Waals surface area contributed by atoms with E-state index in [1.54, 1.807) is 6.20 Å². The second-order valence-electron chi connectivity index (χ2n) is 6.84. The van der Waals surface area contributed by atoms with Crippen LogP contribution in [0.25, 0.3) is 10.9 Å². The molecule has 1 saturated heterocycles. The minimum Gasteiger partial charge on any atom is -0.462 e. The van der Waals surface area contributed by atoms with E-state index in [9.17, 15) is 4.79 Å². The quantitative estimate of drug-likeness (QED) is 0.787. The van der Waals surface area contributed by atoms with Crippen LogP contribution in [0.4, 0.5) is 5.69 Å². The zero-order valence-corrected chi connectivity index (χ0v) is 14.3. The van der Waals surface area contributed by atoms with Gasteiger partial charge in [-0.2, -0.15) is 0 Å². The van der Waals surface area contributed by atoms with Gasteiger partial charge in [0.15, 0.2) is 0 Å². The van der Waals surface area contributed by atoms with Gasteiger partial charge in [0.2, 0.25) is 0 Å². The highest BCUT2D eigenvalue weighted by Gasteiger charge is 2.30. The highest BCUT2D eigenvalue weighted by Crippen LogP contribution is 2.47. The van der Waals surface area contributed by atoms with E-state index in [4.69, 9.17) is 4.74 Å². The van der Waals surface area contributed by atoms with Gasteiger partial charge in [0.1, 0.15) is 0 Å². The van der Waals surface area contributed by atoms with Crippen LogP contribution in [0.2, 0.25) is 0 Å². The summed E-state index contributed by atoms with van der Waals surface area (Å²) in [5, 5.41) is 1.04. The number of ether oxygens (including phenoxy) is 1. The molecule has 126 valence electrons. The average Bonchev–Trinajstić information content (AvgIpc) is 3.46. The number of aromatic nitrogens is 1. The average molecular weight is 324 g/mol. The van der Waals surface area contributed by atoms with Crippen LogP contribution >= 0.6 is 0 Å². The van der Waals surface area contributed by atoms with Crippen molar-refractivity contribution in [3.63, 3.8) is 0 Å². The Hall–Kier alpha value is -2.10. The van der Waals surface area contributed by atoms with Crippen LogP contribution in [0.3, 0.4) is 0 Å². The molecule has 0 amide bonds. The van der Waals surface area contributed by atoms with E-state index in [2.05, 4.69) is 22.0 Å². The van der Waals surface area contributed by atoms with Gasteiger partial charge in [-0.15, -0.1) is 0 Å². The molecule has 4 rings (SSSR count). The number of pyridine rings is 1. The topological polar surface area (TPSA) is 42.4 Å². The Morgan fingerprint density at radius 1 is 1.25 bits per heavy atom. The number of fused-ring (bicyclic) bond motifs is 1. The lowest BCUT2D eigenvalue weighted by Gasteiger charge is -2.31. The van der Waals surface area contributed by atoms with Gasteiger partial charge >= 0.3 is 5.97 Å². The molecule has 1 aliphatic heterocycles. The Bertz CT molecular complexity index is 762. The Kier molecular flexibility index (Phi) is 4.13. The molecule has 2 heterocycles. The Morgan fingerprint density at radius 2 is 2.04 bits per heavy atom. The first-order chi connectivity index (χ1) is 11.8. The fraction of sp³-hybridized carbons (Fsp3) is 0.500. The highest BCUT2D eigenvalue weighted by molar-refractivity contribution is 5.96. The maximum atomic E-state index is 12.0. The van der Waals surface area contributed by atoms with E-state index in [1.165, 1.54) is 43.4 Å². The van der Waals surface area contributed by atoms with E-state index in [0.717, 1.165) is 24.0 Å². The van der Waals surface area contributed by atoms with E-state index in [1.807, 2.05) is 13.0 Å². The summed E-state index contributed by atoms with van der Waals surface area (Å²) in [5.41, 5.74) is 4.36. The van der Waals surface area contributed by atoms with E-state index >= 15 is 0 Å². The van der Waals surface area contributed by atoms with Gasteiger partial charge in [-0.05, 0) is 57.1 Å². The van der Waals surface area contributed by atoms with E-state index in [-0.39, 0.29) is 5.97 Å². The van der Waals surface area contributed by atoms with Gasteiger partial charge in [-0.25, -0.2) is 4.79 Å². The number of carbonyl (C=O) groups excluding carboxylic acids is 1. The molecule has 1 aromatic carbocycles. The molecule has 4 heteroatoms. The number of piperidine rings is 1. The minimum absolute atomic E-state index is 0.292. The summed E-state index contributed by atoms with van der Waals surface area (Å²) < 4.78 is 5.10. The predicted molar refractivity (Wildman–Crippen MR) is 95.7 cm³/mol. The Morgan fingerprint density at radius 3 is 2.75 bits per heavy atom. The van der Waals surface area contributed by atoms with Crippen molar-refractivity contribution in [2.45, 2.75) is 44.9 Å². The van der Waals surface area contributed by atoms with Gasteiger partial charge in [-0.3, -0.25) is 4.98 Å². The molecule has 1 aliphatic carbocycles. The molecule has 1 aromatic heterocycles. The van der Waals surface area contributed by atoms with Crippen molar-refractivity contribution in [3.05, 3.63) is 35.5 Å². The standard InChI is InChI=1S/C20H24N2O2/c1-2-24-20(23)16-12-15-8-9-17(22-10-4-3-5-11-22)18(14-6-7-14)19(15)21-13-16/h8-9,12-14H,2-7,10-11H2,1H3. The van der Waals surface area contributed by atoms with Crippen molar-refractivity contribution in [2.75, 3.05) is 24.6 Å². The van der Waals surface area contributed by atoms with Gasteiger partial charge in [-0.1, -0.05) is 6.07 Å². The van der Waals surface area contributed by atoms with Crippen LogP contribution in [0, 0.1) is 0 Å². The minimum atomic E-state index is -0.292. The summed E-state index contributed by atoms with van der Waals surface area (Å²) in [7, 11) is 0. The normalized spacial score (nSPS) is 18.0. The molecule has 2 aromatic rings. The number of hydrogen-bond acceptors (Lipinski definition) is 4. The van der Waals surface area contributed by atoms with Crippen molar-refractivity contribution < 1.29 is 9.53 Å². The fourth-order valence-electron chi connectivity index (χ4n) is 3.72. The summed E-state index contributed by atoms with van der Waals surface area (Å²) in [6, 6.07) is 6.27. The lowest BCUT2D eigenvalue weighted by molar-refractivity contribution is 0.0526. The molecule has 2 fully saturated rings. The molecule has 1 saturated carbocycles. The first kappa shape index (κ1) is 15.4. The van der Waals surface area contributed by atoms with Crippen molar-refractivity contribution in [1.82, 2.24) is 4.98 Å². The van der Waals surface area contributed by atoms with Crippen molar-refractivity contribution in [3.8, 4) is 0 Å². The van der Waals surface area contributed by atoms with Gasteiger partial charge in [0.05, 0.1) is 17.7 Å². The first-order valence-electron chi connectivity index (χ1n) is 9.12. The molecule has 4 nitrogen and oxygen atoms in total. The van der Waals surface area contributed by atoms with E-state index < -0.39 is 0 Å². The maximum Gasteiger partial charge on any atom is 0.339 e. The molecule has 0 unspecified atom stereocenters. The summed E-state index contributed by atoms with van der Waals surface area (Å²) in [5.74, 6) is 0.339. The Labute approximate surface area is 142 Å². The fourth-order valence-corrected chi connectivity index (χ4v) is 3.72. The van der Waals surface area contributed by atoms with Crippen LogP contribution in [-0.4, -0.2) is 30.6 Å². The van der Waals surface area contributed by atoms with Crippen molar-refractivity contribution >= 4 is 22.6 Å². The maximum absolute atomic E-state index is 12.0. The number of nitrogens with zero attached hydrogens (tertiary/aromatic N) is 2. The molecule has 0 bridgehead atoms. The van der Waals surface area contributed by atoms with Gasteiger partial charge in [0.25, 0.3) is 0 Å². The van der Waals surface area contributed by atoms with Crippen LogP contribution in [0.5, 0.6) is 0 Å². The largest absolute Gasteiger partial charge is 0.462 e. The molecular weight excluding hydrogens is 300 g/mol. The summed E-state index contributed by atoms with van der Waals surface area (Å²) in [6.07, 6.45) is 8.06. The Balaban J connectivity index is 1.77. The zero-order valence-electron chi connectivity index (χ0n) is 14.3. The van der Waals surface area contributed by atoms with Crippen LogP contribution < -0.4 is 4.90 Å². The molecular formula is C20H24N2O2. The SMILES string of the molecule is CCOC(=O)c1cnc2c(C3CC3)c(N3CCCCC3)ccc2c1. The predicted octanol–water partition coefficient (Wildman–Crippen LogP) is 4.28. The third-order valence-corrected chi connectivity index (χ3v) is 5.06. The smallest absolute Gasteiger partial charge is 0.339 e. The number of rotatable bonds is 4. The van der Waals surface area contributed by atoms with Crippen LogP contribution in [0.1, 0.15) is 60.9 Å². The van der Waals surface area contributed by atoms with Crippen molar-refractivity contribution in [1.29, 1.82) is 0 Å². The van der Waals surface area contributed by atoms with Crippen LogP contribution in [-0.2, 0) is 4.74 Å². The second-order valence-corrected chi connectivity index (χ2v) is 6.84. The van der Waals surface area contributed by atoms with E-state index in [0.29, 0.717) is 18.1 Å². The monoisotopic (exact) mass is 324 g/mol. The zero-order chi connectivity index (χ0) is 16.5. The third kappa shape index (κ3) is 2.85. The molecule has 0 atom stereocenters. The first-order valence-corrected chi connectivity index (χ1v) is 9.12. The molecule has 24 heavy (non-hydrogen) atoms. The number of anilines is 1. The molecule has 2 aliphatic rings. The van der Waals surface area contributed by atoms with Crippen molar-refractivity contribution in [2.24, 2.45) is 0 Å². The number of carbonyl (C=O) groups is 1. The molecule has 0 radical (unpaired) electrons. The van der Waals surface area contributed by atoms with Gasteiger partial charge < -0.3 is 9.64 Å². The lowest BCUT2D eigenvalue weighted by Crippen LogP contribution is -2.30. The summed E-state index contributed by atoms with van der Waals surface area (Å²) in [4.78, 5) is 19.2. The van der Waals surface area contributed by atoms with Crippen LogP contribution in [0.15, 0.2) is 24.4 Å². The number of benzene rings is 1. The molecule has 0 N–H and O–H groups in total. The van der Waals surface area contributed by atoms with Gasteiger partial charge in [0, 0.05) is 35.9 Å². The third-order valence-electron chi connectivity index (χ3n) is 5.06. The number of hydrogen-bond donors (Lipinski definition) is 0. The summed E-state index contributed by atoms with van der Waals surface area (Å²) in [6.45, 7) is 4.50. The molecule has 0 spiro atoms. The number of esters is 1. The second kappa shape index (κ2) is 6.42. The summed E-state index contributed by atoms with van der Waals surface area (Å²) >= 11 is 0. The highest BCUT2D eigenvalue weighted by atomic mass is 16.5. The lowest BCUT2D eigenvalue weighted by atomic mass is 10.00.